The van der Waals surface area contributed by atoms with Gasteiger partial charge in [0.05, 0.1) is 29.8 Å². The predicted molar refractivity (Wildman–Crippen MR) is 104 cm³/mol. The molecule has 0 spiro atoms. The van der Waals surface area contributed by atoms with Crippen molar-refractivity contribution in [1.82, 2.24) is 24.7 Å². The van der Waals surface area contributed by atoms with E-state index in [0.29, 0.717) is 6.54 Å². The molecule has 0 atom stereocenters. The quantitative estimate of drug-likeness (QED) is 0.744. The summed E-state index contributed by atoms with van der Waals surface area (Å²) in [7, 11) is 0. The van der Waals surface area contributed by atoms with Crippen LogP contribution in [0.4, 0.5) is 11.5 Å². The first-order valence-corrected chi connectivity index (χ1v) is 8.90. The summed E-state index contributed by atoms with van der Waals surface area (Å²) in [5.41, 5.74) is 2.86. The highest BCUT2D eigenvalue weighted by molar-refractivity contribution is 5.54. The molecule has 136 valence electrons. The average Bonchev–Trinajstić information content (AvgIpc) is 3.01. The van der Waals surface area contributed by atoms with Crippen LogP contribution >= 0.6 is 0 Å². The van der Waals surface area contributed by atoms with Crippen molar-refractivity contribution in [2.24, 2.45) is 0 Å². The molecule has 6 heteroatoms. The zero-order valence-electron chi connectivity index (χ0n) is 16.1. The molecule has 0 bridgehead atoms. The van der Waals surface area contributed by atoms with Crippen molar-refractivity contribution < 1.29 is 0 Å². The van der Waals surface area contributed by atoms with Crippen molar-refractivity contribution in [3.63, 3.8) is 0 Å². The summed E-state index contributed by atoms with van der Waals surface area (Å²) >= 11 is 0. The van der Waals surface area contributed by atoms with Crippen molar-refractivity contribution >= 4 is 11.5 Å². The molecule has 6 nitrogen and oxygen atoms in total. The normalized spacial score (nSPS) is 11.8. The van der Waals surface area contributed by atoms with Crippen molar-refractivity contribution in [3.05, 3.63) is 60.1 Å². The Labute approximate surface area is 154 Å². The molecule has 3 aromatic heterocycles. The fourth-order valence-corrected chi connectivity index (χ4v) is 2.49. The van der Waals surface area contributed by atoms with E-state index in [1.165, 1.54) is 0 Å². The van der Waals surface area contributed by atoms with Crippen LogP contribution in [0.2, 0.25) is 0 Å². The summed E-state index contributed by atoms with van der Waals surface area (Å²) in [6.07, 6.45) is 5.56. The van der Waals surface area contributed by atoms with Gasteiger partial charge in [-0.1, -0.05) is 40.7 Å². The predicted octanol–water partition coefficient (Wildman–Crippen LogP) is 4.28. The van der Waals surface area contributed by atoms with Crippen LogP contribution in [0, 0.1) is 0 Å². The maximum atomic E-state index is 4.73. The molecular formula is C20H26N6. The van der Waals surface area contributed by atoms with Gasteiger partial charge in [-0.3, -0.25) is 9.67 Å². The van der Waals surface area contributed by atoms with Gasteiger partial charge in [-0.25, -0.2) is 9.97 Å². The molecule has 0 unspecified atom stereocenters. The Kier molecular flexibility index (Phi) is 5.02. The summed E-state index contributed by atoms with van der Waals surface area (Å²) in [6.45, 7) is 11.3. The van der Waals surface area contributed by atoms with Gasteiger partial charge >= 0.3 is 0 Å². The molecule has 26 heavy (non-hydrogen) atoms. The van der Waals surface area contributed by atoms with Gasteiger partial charge < -0.3 is 5.32 Å². The minimum absolute atomic E-state index is 0.0355. The third kappa shape index (κ3) is 4.45. The molecule has 3 aromatic rings. The Morgan fingerprint density at radius 1 is 1.15 bits per heavy atom. The Bertz CT molecular complexity index is 862. The highest BCUT2D eigenvalue weighted by Gasteiger charge is 2.19. The maximum Gasteiger partial charge on any atom is 0.134 e. The second-order valence-corrected chi connectivity index (χ2v) is 7.77. The molecule has 0 saturated carbocycles. The molecule has 1 N–H and O–H groups in total. The fourth-order valence-electron chi connectivity index (χ4n) is 2.49. The summed E-state index contributed by atoms with van der Waals surface area (Å²) in [4.78, 5) is 13.7. The number of pyridine rings is 1. The summed E-state index contributed by atoms with van der Waals surface area (Å²) in [5, 5.41) is 7.77. The Morgan fingerprint density at radius 2 is 1.96 bits per heavy atom. The van der Waals surface area contributed by atoms with Crippen LogP contribution in [-0.4, -0.2) is 24.7 Å². The zero-order valence-corrected chi connectivity index (χ0v) is 16.1. The van der Waals surface area contributed by atoms with E-state index in [4.69, 9.17) is 4.98 Å². The highest BCUT2D eigenvalue weighted by atomic mass is 15.3. The van der Waals surface area contributed by atoms with E-state index in [1.807, 2.05) is 35.1 Å². The number of hydrogen-bond donors (Lipinski definition) is 1. The minimum atomic E-state index is -0.0355. The molecule has 0 aliphatic carbocycles. The lowest BCUT2D eigenvalue weighted by atomic mass is 9.91. The number of nitrogens with one attached hydrogen (secondary N) is 1. The maximum absolute atomic E-state index is 4.73. The fraction of sp³-hybridized carbons (Fsp3) is 0.400. The van der Waals surface area contributed by atoms with Gasteiger partial charge in [0, 0.05) is 29.8 Å². The van der Waals surface area contributed by atoms with E-state index < -0.39 is 0 Å². The number of rotatable bonds is 5. The highest BCUT2D eigenvalue weighted by Crippen LogP contribution is 2.25. The first-order valence-electron chi connectivity index (χ1n) is 8.90. The molecule has 0 fully saturated rings. The number of anilines is 2. The van der Waals surface area contributed by atoms with Crippen LogP contribution in [0.3, 0.4) is 0 Å². The van der Waals surface area contributed by atoms with Crippen molar-refractivity contribution in [1.29, 1.82) is 0 Å². The summed E-state index contributed by atoms with van der Waals surface area (Å²) in [5.74, 6) is 1.91. The molecule has 0 radical (unpaired) electrons. The van der Waals surface area contributed by atoms with E-state index in [9.17, 15) is 0 Å². The lowest BCUT2D eigenvalue weighted by molar-refractivity contribution is 0.559. The molecule has 0 amide bonds. The molecule has 0 aromatic carbocycles. The first-order chi connectivity index (χ1) is 12.3. The SMILES string of the molecule is CC(C)c1nc(Nc2cnn(Cc3ccccn3)c2)cc(C(C)(C)C)n1. The standard InChI is InChI=1S/C20H26N6/c1-14(2)19-24-17(20(3,4)5)10-18(25-19)23-16-11-22-26(13-16)12-15-8-6-7-9-21-15/h6-11,13-14H,12H2,1-5H3,(H,23,24,25). The van der Waals surface area contributed by atoms with Gasteiger partial charge in [0.15, 0.2) is 0 Å². The van der Waals surface area contributed by atoms with E-state index in [2.05, 4.69) is 55.0 Å². The van der Waals surface area contributed by atoms with E-state index >= 15 is 0 Å². The Balaban J connectivity index is 1.81. The van der Waals surface area contributed by atoms with Gasteiger partial charge in [0.2, 0.25) is 0 Å². The van der Waals surface area contributed by atoms with Crippen LogP contribution in [0.15, 0.2) is 42.9 Å². The van der Waals surface area contributed by atoms with Crippen LogP contribution in [0.1, 0.15) is 57.7 Å². The van der Waals surface area contributed by atoms with E-state index in [0.717, 1.165) is 28.7 Å². The van der Waals surface area contributed by atoms with Gasteiger partial charge in [0.1, 0.15) is 11.6 Å². The second kappa shape index (κ2) is 7.23. The molecule has 3 heterocycles. The minimum Gasteiger partial charge on any atom is -0.338 e. The topological polar surface area (TPSA) is 68.5 Å². The van der Waals surface area contributed by atoms with Gasteiger partial charge in [-0.15, -0.1) is 0 Å². The number of aromatic nitrogens is 5. The molecule has 3 rings (SSSR count). The lowest BCUT2D eigenvalue weighted by Crippen LogP contribution is -2.16. The summed E-state index contributed by atoms with van der Waals surface area (Å²) < 4.78 is 1.86. The number of hydrogen-bond acceptors (Lipinski definition) is 5. The van der Waals surface area contributed by atoms with E-state index in [1.54, 1.807) is 12.4 Å². The van der Waals surface area contributed by atoms with Gasteiger partial charge in [-0.05, 0) is 12.1 Å². The van der Waals surface area contributed by atoms with Crippen molar-refractivity contribution in [2.75, 3.05) is 5.32 Å². The molecular weight excluding hydrogens is 324 g/mol. The third-order valence-electron chi connectivity index (χ3n) is 3.98. The Morgan fingerprint density at radius 3 is 2.62 bits per heavy atom. The largest absolute Gasteiger partial charge is 0.338 e. The monoisotopic (exact) mass is 350 g/mol. The average molecular weight is 350 g/mol. The van der Waals surface area contributed by atoms with Gasteiger partial charge in [-0.2, -0.15) is 5.10 Å². The van der Waals surface area contributed by atoms with Crippen LogP contribution in [-0.2, 0) is 12.0 Å². The third-order valence-corrected chi connectivity index (χ3v) is 3.98. The Hall–Kier alpha value is -2.76. The molecule has 0 saturated heterocycles. The van der Waals surface area contributed by atoms with E-state index in [-0.39, 0.29) is 11.3 Å². The lowest BCUT2D eigenvalue weighted by Gasteiger charge is -2.20. The van der Waals surface area contributed by atoms with Crippen LogP contribution in [0.5, 0.6) is 0 Å². The van der Waals surface area contributed by atoms with Crippen molar-refractivity contribution in [2.45, 2.75) is 52.5 Å². The van der Waals surface area contributed by atoms with Crippen LogP contribution in [0.25, 0.3) is 0 Å². The first kappa shape index (κ1) is 18.0. The molecule has 0 aliphatic heterocycles. The van der Waals surface area contributed by atoms with Crippen LogP contribution < -0.4 is 5.32 Å². The smallest absolute Gasteiger partial charge is 0.134 e. The summed E-state index contributed by atoms with van der Waals surface area (Å²) in [6, 6.07) is 7.90. The van der Waals surface area contributed by atoms with Gasteiger partial charge in [0.25, 0.3) is 0 Å². The number of nitrogens with zero attached hydrogens (tertiary/aromatic N) is 5. The van der Waals surface area contributed by atoms with Crippen molar-refractivity contribution in [3.8, 4) is 0 Å². The zero-order chi connectivity index (χ0) is 18.7. The second-order valence-electron chi connectivity index (χ2n) is 7.77. The molecule has 0 aliphatic rings.